The second-order valence-corrected chi connectivity index (χ2v) is 7.55. The molecule has 1 saturated heterocycles. The van der Waals surface area contributed by atoms with Gasteiger partial charge < -0.3 is 14.4 Å². The normalized spacial score (nSPS) is 14.8. The van der Waals surface area contributed by atoms with Gasteiger partial charge in [-0.15, -0.1) is 0 Å². The quantitative estimate of drug-likeness (QED) is 0.661. The number of carbonyl (C=O) groups excluding carboxylic acids is 1. The van der Waals surface area contributed by atoms with Gasteiger partial charge in [-0.1, -0.05) is 18.2 Å². The summed E-state index contributed by atoms with van der Waals surface area (Å²) in [4.78, 5) is 21.5. The van der Waals surface area contributed by atoms with E-state index in [1.807, 2.05) is 35.4 Å². The predicted molar refractivity (Wildman–Crippen MR) is 107 cm³/mol. The zero-order chi connectivity index (χ0) is 18.1. The summed E-state index contributed by atoms with van der Waals surface area (Å²) in [6.07, 6.45) is 1.81. The molecule has 0 aliphatic carbocycles. The lowest BCUT2D eigenvalue weighted by molar-refractivity contribution is -0.132. The highest BCUT2D eigenvalue weighted by Gasteiger charge is 2.22. The molecule has 5 nitrogen and oxygen atoms in total. The van der Waals surface area contributed by atoms with E-state index in [4.69, 9.17) is 0 Å². The lowest BCUT2D eigenvalue weighted by atomic mass is 10.2. The molecule has 0 radical (unpaired) electrons. The summed E-state index contributed by atoms with van der Waals surface area (Å²) in [5.41, 5.74) is 2.24. The van der Waals surface area contributed by atoms with Gasteiger partial charge in [-0.2, -0.15) is 0 Å². The number of nitrogens with zero attached hydrogens (tertiary/aromatic N) is 4. The standard InChI is InChI=1S/C20H21BrN4O/c1-15-12-16-4-2-3-5-18(16)25(15)14-20(26)24-10-8-23(9-11-24)19-7-6-17(21)13-22-19/h2-7,12-13H,8-11,14H2,1H3. The molecule has 26 heavy (non-hydrogen) atoms. The number of aryl methyl sites for hydroxylation is 1. The minimum absolute atomic E-state index is 0.179. The number of hydrogen-bond donors (Lipinski definition) is 0. The largest absolute Gasteiger partial charge is 0.353 e. The van der Waals surface area contributed by atoms with Crippen LogP contribution in [0, 0.1) is 6.92 Å². The number of benzene rings is 1. The Kier molecular flexibility index (Phi) is 4.68. The molecule has 0 spiro atoms. The molecule has 1 aliphatic heterocycles. The maximum atomic E-state index is 12.8. The number of rotatable bonds is 3. The van der Waals surface area contributed by atoms with Crippen LogP contribution in [-0.2, 0) is 11.3 Å². The molecule has 4 rings (SSSR count). The van der Waals surface area contributed by atoms with E-state index < -0.39 is 0 Å². The smallest absolute Gasteiger partial charge is 0.242 e. The number of carbonyl (C=O) groups is 1. The van der Waals surface area contributed by atoms with Crippen molar-refractivity contribution in [3.63, 3.8) is 0 Å². The Balaban J connectivity index is 1.42. The molecule has 1 amide bonds. The van der Waals surface area contributed by atoms with Crippen LogP contribution in [0.1, 0.15) is 5.69 Å². The van der Waals surface area contributed by atoms with Gasteiger partial charge in [0.1, 0.15) is 12.4 Å². The maximum Gasteiger partial charge on any atom is 0.242 e. The van der Waals surface area contributed by atoms with Crippen LogP contribution in [0.5, 0.6) is 0 Å². The summed E-state index contributed by atoms with van der Waals surface area (Å²) < 4.78 is 3.09. The summed E-state index contributed by atoms with van der Waals surface area (Å²) in [6, 6.07) is 14.4. The Labute approximate surface area is 161 Å². The number of fused-ring (bicyclic) bond motifs is 1. The van der Waals surface area contributed by atoms with Crippen LogP contribution in [0.3, 0.4) is 0 Å². The average molecular weight is 413 g/mol. The molecule has 1 aromatic carbocycles. The summed E-state index contributed by atoms with van der Waals surface area (Å²) in [7, 11) is 0. The minimum atomic E-state index is 0.179. The van der Waals surface area contributed by atoms with Crippen LogP contribution >= 0.6 is 15.9 Å². The van der Waals surface area contributed by atoms with E-state index >= 15 is 0 Å². The maximum absolute atomic E-state index is 12.8. The van der Waals surface area contributed by atoms with Crippen LogP contribution < -0.4 is 4.90 Å². The highest BCUT2D eigenvalue weighted by atomic mass is 79.9. The predicted octanol–water partition coefficient (Wildman–Crippen LogP) is 3.46. The van der Waals surface area contributed by atoms with Crippen LogP contribution in [-0.4, -0.2) is 46.5 Å². The Morgan fingerprint density at radius 3 is 2.62 bits per heavy atom. The van der Waals surface area contributed by atoms with Crippen molar-refractivity contribution in [3.05, 3.63) is 58.8 Å². The van der Waals surface area contributed by atoms with Crippen LogP contribution in [0.15, 0.2) is 53.1 Å². The number of amides is 1. The summed E-state index contributed by atoms with van der Waals surface area (Å²) in [5.74, 6) is 1.14. The van der Waals surface area contributed by atoms with Crippen molar-refractivity contribution in [1.82, 2.24) is 14.5 Å². The van der Waals surface area contributed by atoms with E-state index in [1.165, 1.54) is 5.39 Å². The monoisotopic (exact) mass is 412 g/mol. The fourth-order valence-corrected chi connectivity index (χ4v) is 3.77. The van der Waals surface area contributed by atoms with Crippen molar-refractivity contribution in [2.75, 3.05) is 31.1 Å². The van der Waals surface area contributed by atoms with Gasteiger partial charge in [-0.05, 0) is 52.5 Å². The Morgan fingerprint density at radius 1 is 1.12 bits per heavy atom. The van der Waals surface area contributed by atoms with Gasteiger partial charge >= 0.3 is 0 Å². The van der Waals surface area contributed by atoms with Gasteiger partial charge in [0.2, 0.25) is 5.91 Å². The fourth-order valence-electron chi connectivity index (χ4n) is 3.53. The van der Waals surface area contributed by atoms with E-state index in [-0.39, 0.29) is 5.91 Å². The molecule has 0 N–H and O–H groups in total. The number of halogens is 1. The summed E-state index contributed by atoms with van der Waals surface area (Å²) in [6.45, 7) is 5.54. The molecule has 0 atom stereocenters. The van der Waals surface area contributed by atoms with E-state index in [1.54, 1.807) is 0 Å². The first-order valence-electron chi connectivity index (χ1n) is 8.81. The SMILES string of the molecule is Cc1cc2ccccc2n1CC(=O)N1CCN(c2ccc(Br)cn2)CC1. The van der Waals surface area contributed by atoms with Gasteiger partial charge in [-0.25, -0.2) is 4.98 Å². The number of aromatic nitrogens is 2. The molecular formula is C20H21BrN4O. The summed E-state index contributed by atoms with van der Waals surface area (Å²) >= 11 is 3.41. The second kappa shape index (κ2) is 7.11. The van der Waals surface area contributed by atoms with Gasteiger partial charge in [0.15, 0.2) is 0 Å². The first-order chi connectivity index (χ1) is 12.6. The molecule has 0 saturated carbocycles. The number of pyridine rings is 1. The summed E-state index contributed by atoms with van der Waals surface area (Å²) in [5, 5.41) is 1.18. The fraction of sp³-hybridized carbons (Fsp3) is 0.300. The van der Waals surface area contributed by atoms with Gasteiger partial charge in [0, 0.05) is 48.1 Å². The van der Waals surface area contributed by atoms with Crippen molar-refractivity contribution in [3.8, 4) is 0 Å². The molecule has 0 bridgehead atoms. The van der Waals surface area contributed by atoms with Crippen molar-refractivity contribution < 1.29 is 4.79 Å². The first-order valence-corrected chi connectivity index (χ1v) is 9.60. The highest BCUT2D eigenvalue weighted by Crippen LogP contribution is 2.20. The lowest BCUT2D eigenvalue weighted by Gasteiger charge is -2.35. The third-order valence-electron chi connectivity index (χ3n) is 4.98. The third-order valence-corrected chi connectivity index (χ3v) is 5.45. The number of anilines is 1. The number of piperazine rings is 1. The van der Waals surface area contributed by atoms with E-state index in [2.05, 4.69) is 55.5 Å². The van der Waals surface area contributed by atoms with Crippen LogP contribution in [0.25, 0.3) is 10.9 Å². The van der Waals surface area contributed by atoms with Crippen LogP contribution in [0.4, 0.5) is 5.82 Å². The van der Waals surface area contributed by atoms with Gasteiger partial charge in [0.25, 0.3) is 0 Å². The van der Waals surface area contributed by atoms with Gasteiger partial charge in [-0.3, -0.25) is 4.79 Å². The van der Waals surface area contributed by atoms with Crippen LogP contribution in [0.2, 0.25) is 0 Å². The lowest BCUT2D eigenvalue weighted by Crippen LogP contribution is -2.49. The topological polar surface area (TPSA) is 41.4 Å². The zero-order valence-electron chi connectivity index (χ0n) is 14.7. The molecule has 3 aromatic rings. The number of hydrogen-bond acceptors (Lipinski definition) is 3. The van der Waals surface area contributed by atoms with Crippen molar-refractivity contribution in [2.45, 2.75) is 13.5 Å². The average Bonchev–Trinajstić information content (AvgIpc) is 2.98. The van der Waals surface area contributed by atoms with E-state index in [9.17, 15) is 4.79 Å². The molecule has 3 heterocycles. The number of para-hydroxylation sites is 1. The zero-order valence-corrected chi connectivity index (χ0v) is 16.3. The molecule has 6 heteroatoms. The second-order valence-electron chi connectivity index (χ2n) is 6.63. The van der Waals surface area contributed by atoms with E-state index in [0.717, 1.165) is 47.7 Å². The molecule has 1 aliphatic rings. The Bertz CT molecular complexity index is 927. The third kappa shape index (κ3) is 3.33. The first kappa shape index (κ1) is 17.1. The highest BCUT2D eigenvalue weighted by molar-refractivity contribution is 9.10. The molecule has 0 unspecified atom stereocenters. The van der Waals surface area contributed by atoms with Crippen molar-refractivity contribution >= 4 is 38.6 Å². The van der Waals surface area contributed by atoms with Crippen molar-refractivity contribution in [2.24, 2.45) is 0 Å². The molecular weight excluding hydrogens is 392 g/mol. The minimum Gasteiger partial charge on any atom is -0.353 e. The van der Waals surface area contributed by atoms with Crippen molar-refractivity contribution in [1.29, 1.82) is 0 Å². The molecule has 2 aromatic heterocycles. The Morgan fingerprint density at radius 2 is 1.88 bits per heavy atom. The van der Waals surface area contributed by atoms with E-state index in [0.29, 0.717) is 6.54 Å². The molecule has 134 valence electrons. The Hall–Kier alpha value is -2.34. The van der Waals surface area contributed by atoms with Gasteiger partial charge in [0.05, 0.1) is 0 Å². The molecule has 1 fully saturated rings.